The number of benzene rings is 5. The van der Waals surface area contributed by atoms with Crippen molar-refractivity contribution in [2.75, 3.05) is 0 Å². The SMILES string of the molecule is CCCCC(CC)Cc1cc2cccc3c4cccc5cccc(c(c1CC(CC)CCCC)c23)c54. The van der Waals surface area contributed by atoms with Gasteiger partial charge in [-0.05, 0) is 78.9 Å². The Bertz CT molecular complexity index is 1430. The van der Waals surface area contributed by atoms with E-state index < -0.39 is 0 Å². The van der Waals surface area contributed by atoms with Crippen molar-refractivity contribution >= 4 is 43.1 Å². The summed E-state index contributed by atoms with van der Waals surface area (Å²) in [5.41, 5.74) is 3.29. The first-order chi connectivity index (χ1) is 17.7. The molecule has 0 heteroatoms. The molecule has 0 fully saturated rings. The van der Waals surface area contributed by atoms with Gasteiger partial charge in [-0.15, -0.1) is 0 Å². The summed E-state index contributed by atoms with van der Waals surface area (Å²) in [6, 6.07) is 23.5. The Labute approximate surface area is 218 Å². The molecule has 5 rings (SSSR count). The van der Waals surface area contributed by atoms with Crippen LogP contribution in [0.25, 0.3) is 43.1 Å². The van der Waals surface area contributed by atoms with Gasteiger partial charge >= 0.3 is 0 Å². The molecule has 5 aromatic carbocycles. The second-order valence-electron chi connectivity index (χ2n) is 11.2. The van der Waals surface area contributed by atoms with E-state index in [9.17, 15) is 0 Å². The molecule has 2 unspecified atom stereocenters. The number of hydrogen-bond donors (Lipinski definition) is 0. The largest absolute Gasteiger partial charge is 0.0654 e. The predicted octanol–water partition coefficient (Wildman–Crippen LogP) is 11.3. The van der Waals surface area contributed by atoms with E-state index in [1.54, 1.807) is 16.5 Å². The Morgan fingerprint density at radius 3 is 1.72 bits per heavy atom. The lowest BCUT2D eigenvalue weighted by atomic mass is 9.79. The fraction of sp³-hybridized carbons (Fsp3) is 0.444. The Morgan fingerprint density at radius 1 is 0.556 bits per heavy atom. The van der Waals surface area contributed by atoms with Crippen LogP contribution >= 0.6 is 0 Å². The van der Waals surface area contributed by atoms with Crippen molar-refractivity contribution in [2.45, 2.75) is 91.9 Å². The summed E-state index contributed by atoms with van der Waals surface area (Å²) >= 11 is 0. The summed E-state index contributed by atoms with van der Waals surface area (Å²) in [6.45, 7) is 9.47. The van der Waals surface area contributed by atoms with Gasteiger partial charge in [-0.2, -0.15) is 0 Å². The van der Waals surface area contributed by atoms with E-state index in [-0.39, 0.29) is 0 Å². The average molecular weight is 477 g/mol. The molecule has 0 aromatic heterocycles. The van der Waals surface area contributed by atoms with Crippen LogP contribution in [-0.2, 0) is 12.8 Å². The zero-order valence-electron chi connectivity index (χ0n) is 23.0. The second-order valence-corrected chi connectivity index (χ2v) is 11.2. The predicted molar refractivity (Wildman–Crippen MR) is 162 cm³/mol. The summed E-state index contributed by atoms with van der Waals surface area (Å²) in [4.78, 5) is 0. The second kappa shape index (κ2) is 11.2. The first-order valence-corrected chi connectivity index (χ1v) is 14.8. The van der Waals surface area contributed by atoms with Crippen LogP contribution in [0, 0.1) is 11.8 Å². The van der Waals surface area contributed by atoms with Crippen molar-refractivity contribution in [1.82, 2.24) is 0 Å². The van der Waals surface area contributed by atoms with E-state index in [0.29, 0.717) is 0 Å². The molecule has 36 heavy (non-hydrogen) atoms. The van der Waals surface area contributed by atoms with Crippen molar-refractivity contribution in [3.63, 3.8) is 0 Å². The third-order valence-electron chi connectivity index (χ3n) is 8.92. The molecule has 5 aromatic rings. The number of hydrogen-bond acceptors (Lipinski definition) is 0. The molecule has 0 aliphatic heterocycles. The van der Waals surface area contributed by atoms with Gasteiger partial charge in [0.2, 0.25) is 0 Å². The third-order valence-corrected chi connectivity index (χ3v) is 8.92. The monoisotopic (exact) mass is 476 g/mol. The molecule has 0 bridgehead atoms. The van der Waals surface area contributed by atoms with Crippen molar-refractivity contribution < 1.29 is 0 Å². The van der Waals surface area contributed by atoms with Gasteiger partial charge in [-0.3, -0.25) is 0 Å². The molecule has 0 heterocycles. The summed E-state index contributed by atoms with van der Waals surface area (Å²) in [6.07, 6.45) is 13.0. The molecule has 0 aliphatic carbocycles. The lowest BCUT2D eigenvalue weighted by Crippen LogP contribution is -2.11. The third kappa shape index (κ3) is 4.60. The molecule has 0 saturated heterocycles. The Kier molecular flexibility index (Phi) is 7.80. The van der Waals surface area contributed by atoms with Gasteiger partial charge in [-0.1, -0.05) is 140 Å². The number of unbranched alkanes of at least 4 members (excludes halogenated alkanes) is 2. The summed E-state index contributed by atoms with van der Waals surface area (Å²) < 4.78 is 0. The summed E-state index contributed by atoms with van der Waals surface area (Å²) in [7, 11) is 0. The fourth-order valence-electron chi connectivity index (χ4n) is 6.75. The lowest BCUT2D eigenvalue weighted by molar-refractivity contribution is 0.435. The molecule has 0 radical (unpaired) electrons. The molecule has 0 saturated carbocycles. The van der Waals surface area contributed by atoms with Crippen LogP contribution in [0.3, 0.4) is 0 Å². The van der Waals surface area contributed by atoms with Gasteiger partial charge < -0.3 is 0 Å². The smallest absolute Gasteiger partial charge is 0.00234 e. The summed E-state index contributed by atoms with van der Waals surface area (Å²) in [5, 5.41) is 11.6. The highest BCUT2D eigenvalue weighted by atomic mass is 14.3. The highest BCUT2D eigenvalue weighted by Gasteiger charge is 2.21. The van der Waals surface area contributed by atoms with Crippen molar-refractivity contribution in [2.24, 2.45) is 11.8 Å². The molecular weight excluding hydrogens is 432 g/mol. The number of rotatable bonds is 12. The van der Waals surface area contributed by atoms with Crippen LogP contribution in [0.15, 0.2) is 60.7 Å². The minimum absolute atomic E-state index is 0.761. The van der Waals surface area contributed by atoms with E-state index in [1.807, 2.05) is 0 Å². The van der Waals surface area contributed by atoms with Crippen molar-refractivity contribution in [3.8, 4) is 0 Å². The Balaban J connectivity index is 1.82. The minimum Gasteiger partial charge on any atom is -0.0654 e. The normalized spacial score (nSPS) is 13.9. The zero-order chi connectivity index (χ0) is 25.1. The molecule has 188 valence electrons. The van der Waals surface area contributed by atoms with E-state index in [2.05, 4.69) is 88.4 Å². The van der Waals surface area contributed by atoms with Crippen LogP contribution in [0.1, 0.15) is 90.2 Å². The van der Waals surface area contributed by atoms with E-state index in [4.69, 9.17) is 0 Å². The molecule has 0 amide bonds. The van der Waals surface area contributed by atoms with E-state index in [0.717, 1.165) is 11.8 Å². The standard InChI is InChI=1S/C36H44/c1-5-9-14-25(7-3)22-29-24-28-18-13-20-31-30-19-11-16-27-17-12-21-32(34(27)30)36(35(28)31)33(29)23-26(8-4)15-10-6-2/h11-13,16-21,24-26H,5-10,14-15,22-23H2,1-4H3. The topological polar surface area (TPSA) is 0 Å². The fourth-order valence-corrected chi connectivity index (χ4v) is 6.75. The summed E-state index contributed by atoms with van der Waals surface area (Å²) in [5.74, 6) is 1.54. The maximum atomic E-state index is 2.59. The average Bonchev–Trinajstić information content (AvgIpc) is 2.92. The van der Waals surface area contributed by atoms with E-state index >= 15 is 0 Å². The van der Waals surface area contributed by atoms with Crippen molar-refractivity contribution in [1.29, 1.82) is 0 Å². The maximum absolute atomic E-state index is 2.59. The minimum atomic E-state index is 0.761. The van der Waals surface area contributed by atoms with Crippen LogP contribution in [-0.4, -0.2) is 0 Å². The van der Waals surface area contributed by atoms with Gasteiger partial charge in [0.25, 0.3) is 0 Å². The quantitative estimate of drug-likeness (QED) is 0.124. The maximum Gasteiger partial charge on any atom is -0.00234 e. The van der Waals surface area contributed by atoms with Gasteiger partial charge in [-0.25, -0.2) is 0 Å². The first kappa shape index (κ1) is 25.1. The Morgan fingerprint density at radius 2 is 1.11 bits per heavy atom. The Hall–Kier alpha value is -2.60. The van der Waals surface area contributed by atoms with Gasteiger partial charge in [0.1, 0.15) is 0 Å². The van der Waals surface area contributed by atoms with Crippen LogP contribution in [0.5, 0.6) is 0 Å². The zero-order valence-corrected chi connectivity index (χ0v) is 23.0. The van der Waals surface area contributed by atoms with Gasteiger partial charge in [0.15, 0.2) is 0 Å². The van der Waals surface area contributed by atoms with E-state index in [1.165, 1.54) is 102 Å². The molecule has 0 N–H and O–H groups in total. The molecular formula is C36H44. The number of fused-ring (bicyclic) bond motifs is 2. The van der Waals surface area contributed by atoms with Crippen molar-refractivity contribution in [3.05, 3.63) is 71.8 Å². The van der Waals surface area contributed by atoms with Crippen LogP contribution < -0.4 is 0 Å². The van der Waals surface area contributed by atoms with Crippen LogP contribution in [0.4, 0.5) is 0 Å². The molecule has 2 atom stereocenters. The lowest BCUT2D eigenvalue weighted by Gasteiger charge is -2.25. The molecule has 0 nitrogen and oxygen atoms in total. The highest BCUT2D eigenvalue weighted by Crippen LogP contribution is 2.44. The molecule has 0 aliphatic rings. The van der Waals surface area contributed by atoms with Gasteiger partial charge in [0, 0.05) is 0 Å². The van der Waals surface area contributed by atoms with Gasteiger partial charge in [0.05, 0.1) is 0 Å². The highest BCUT2D eigenvalue weighted by molar-refractivity contribution is 6.33. The van der Waals surface area contributed by atoms with Crippen LogP contribution in [0.2, 0.25) is 0 Å². The molecule has 0 spiro atoms. The first-order valence-electron chi connectivity index (χ1n) is 14.8.